The number of nitrogens with zero attached hydrogens (tertiary/aromatic N) is 2. The second-order valence-electron chi connectivity index (χ2n) is 5.58. The minimum absolute atomic E-state index is 0.150. The van der Waals surface area contributed by atoms with E-state index in [0.29, 0.717) is 34.1 Å². The molecule has 0 aliphatic carbocycles. The lowest BCUT2D eigenvalue weighted by atomic mass is 10.1. The third kappa shape index (κ3) is 2.80. The number of carbonyl (C=O) groups is 1. The minimum Gasteiger partial charge on any atom is -0.454 e. The second-order valence-corrected chi connectivity index (χ2v) is 5.58. The second kappa shape index (κ2) is 5.94. The molecule has 126 valence electrons. The van der Waals surface area contributed by atoms with Gasteiger partial charge in [0.25, 0.3) is 5.91 Å². The molecule has 0 bridgehead atoms. The van der Waals surface area contributed by atoms with Crippen LogP contribution in [0.5, 0.6) is 11.5 Å². The van der Waals surface area contributed by atoms with Crippen LogP contribution in [-0.2, 0) is 7.05 Å². The van der Waals surface area contributed by atoms with Gasteiger partial charge in [-0.1, -0.05) is 0 Å². The summed E-state index contributed by atoms with van der Waals surface area (Å²) >= 11 is 0. The van der Waals surface area contributed by atoms with Gasteiger partial charge in [0.1, 0.15) is 17.3 Å². The summed E-state index contributed by atoms with van der Waals surface area (Å²) in [6.07, 6.45) is 1.59. The van der Waals surface area contributed by atoms with Gasteiger partial charge in [0.15, 0.2) is 11.5 Å². The van der Waals surface area contributed by atoms with Crippen molar-refractivity contribution in [3.8, 4) is 22.8 Å². The van der Waals surface area contributed by atoms with E-state index in [1.807, 2.05) is 0 Å². The number of ether oxygens (including phenoxy) is 2. The van der Waals surface area contributed by atoms with E-state index in [-0.39, 0.29) is 18.5 Å². The molecule has 6 nitrogen and oxygen atoms in total. The van der Waals surface area contributed by atoms with Gasteiger partial charge in [-0.05, 0) is 42.5 Å². The normalized spacial score (nSPS) is 12.2. The molecule has 0 fully saturated rings. The van der Waals surface area contributed by atoms with Crippen molar-refractivity contribution in [3.63, 3.8) is 0 Å². The average molecular weight is 339 g/mol. The van der Waals surface area contributed by atoms with E-state index in [1.54, 1.807) is 48.3 Å². The fourth-order valence-corrected chi connectivity index (χ4v) is 2.61. The fraction of sp³-hybridized carbons (Fsp3) is 0.111. The fourth-order valence-electron chi connectivity index (χ4n) is 2.61. The van der Waals surface area contributed by atoms with Gasteiger partial charge in [0, 0.05) is 18.2 Å². The smallest absolute Gasteiger partial charge is 0.256 e. The SMILES string of the molecule is Cn1cnc(-c2ccc(F)cc2)c1NC(=O)c1ccc2c(c1)OCO2. The van der Waals surface area contributed by atoms with Gasteiger partial charge in [-0.2, -0.15) is 0 Å². The lowest BCUT2D eigenvalue weighted by Crippen LogP contribution is -2.14. The van der Waals surface area contributed by atoms with Gasteiger partial charge in [-0.25, -0.2) is 9.37 Å². The number of carbonyl (C=O) groups excluding carboxylic acids is 1. The summed E-state index contributed by atoms with van der Waals surface area (Å²) in [5.74, 6) is 1.05. The summed E-state index contributed by atoms with van der Waals surface area (Å²) < 4.78 is 25.4. The van der Waals surface area contributed by atoms with Crippen molar-refractivity contribution in [2.75, 3.05) is 12.1 Å². The maximum Gasteiger partial charge on any atom is 0.256 e. The zero-order chi connectivity index (χ0) is 17.4. The molecule has 0 unspecified atom stereocenters. The summed E-state index contributed by atoms with van der Waals surface area (Å²) in [5.41, 5.74) is 1.72. The number of halogens is 1. The molecule has 1 aromatic heterocycles. The van der Waals surface area contributed by atoms with E-state index in [2.05, 4.69) is 10.3 Å². The lowest BCUT2D eigenvalue weighted by molar-refractivity contribution is 0.102. The number of aromatic nitrogens is 2. The Kier molecular flexibility index (Phi) is 3.61. The Morgan fingerprint density at radius 1 is 1.16 bits per heavy atom. The quantitative estimate of drug-likeness (QED) is 0.796. The number of rotatable bonds is 3. The van der Waals surface area contributed by atoms with Crippen LogP contribution in [-0.4, -0.2) is 22.3 Å². The van der Waals surface area contributed by atoms with Crippen LogP contribution in [0.25, 0.3) is 11.3 Å². The molecular formula is C18H14FN3O3. The summed E-state index contributed by atoms with van der Waals surface area (Å²) in [6, 6.07) is 10.9. The molecule has 2 heterocycles. The molecule has 1 N–H and O–H groups in total. The standard InChI is InChI=1S/C18H14FN3O3/c1-22-9-20-16(11-2-5-13(19)6-3-11)17(22)21-18(23)12-4-7-14-15(8-12)25-10-24-14/h2-9H,10H2,1H3,(H,21,23). The summed E-state index contributed by atoms with van der Waals surface area (Å²) in [5, 5.41) is 2.85. The topological polar surface area (TPSA) is 65.4 Å². The molecule has 0 spiro atoms. The molecule has 25 heavy (non-hydrogen) atoms. The maximum atomic E-state index is 13.1. The van der Waals surface area contributed by atoms with Gasteiger partial charge in [0.2, 0.25) is 6.79 Å². The molecule has 1 amide bonds. The molecule has 0 radical (unpaired) electrons. The average Bonchev–Trinajstić information content (AvgIpc) is 3.22. The number of hydrogen-bond donors (Lipinski definition) is 1. The largest absolute Gasteiger partial charge is 0.454 e. The van der Waals surface area contributed by atoms with Crippen molar-refractivity contribution in [2.45, 2.75) is 0 Å². The maximum absolute atomic E-state index is 13.1. The molecule has 3 aromatic rings. The van der Waals surface area contributed by atoms with E-state index in [0.717, 1.165) is 0 Å². The first kappa shape index (κ1) is 15.2. The van der Waals surface area contributed by atoms with Crippen LogP contribution in [0.1, 0.15) is 10.4 Å². The summed E-state index contributed by atoms with van der Waals surface area (Å²) in [4.78, 5) is 16.9. The molecule has 1 aliphatic rings. The van der Waals surface area contributed by atoms with Crippen LogP contribution in [0.2, 0.25) is 0 Å². The number of fused-ring (bicyclic) bond motifs is 1. The van der Waals surface area contributed by atoms with Crippen LogP contribution in [0, 0.1) is 5.82 Å². The summed E-state index contributed by atoms with van der Waals surface area (Å²) in [6.45, 7) is 0.150. The van der Waals surface area contributed by atoms with Crippen molar-refractivity contribution in [2.24, 2.45) is 7.05 Å². The van der Waals surface area contributed by atoms with E-state index >= 15 is 0 Å². The van der Waals surface area contributed by atoms with E-state index in [4.69, 9.17) is 9.47 Å². The molecule has 7 heteroatoms. The van der Waals surface area contributed by atoms with Gasteiger partial charge in [-0.15, -0.1) is 0 Å². The van der Waals surface area contributed by atoms with Gasteiger partial charge in [-0.3, -0.25) is 4.79 Å². The first-order valence-electron chi connectivity index (χ1n) is 7.60. The number of aryl methyl sites for hydroxylation is 1. The highest BCUT2D eigenvalue weighted by Gasteiger charge is 2.19. The monoisotopic (exact) mass is 339 g/mol. The number of benzene rings is 2. The number of nitrogens with one attached hydrogen (secondary N) is 1. The Balaban J connectivity index is 1.63. The van der Waals surface area contributed by atoms with Gasteiger partial charge in [0.05, 0.1) is 6.33 Å². The molecule has 0 saturated heterocycles. The predicted octanol–water partition coefficient (Wildman–Crippen LogP) is 3.21. The first-order valence-corrected chi connectivity index (χ1v) is 7.60. The minimum atomic E-state index is -0.328. The molecule has 4 rings (SSSR count). The molecule has 2 aromatic carbocycles. The van der Waals surface area contributed by atoms with Gasteiger partial charge >= 0.3 is 0 Å². The lowest BCUT2D eigenvalue weighted by Gasteiger charge is -2.09. The van der Waals surface area contributed by atoms with Crippen LogP contribution in [0.4, 0.5) is 10.2 Å². The number of imidazole rings is 1. The third-order valence-electron chi connectivity index (χ3n) is 3.92. The van der Waals surface area contributed by atoms with E-state index in [9.17, 15) is 9.18 Å². The molecule has 1 aliphatic heterocycles. The highest BCUT2D eigenvalue weighted by molar-refractivity contribution is 6.05. The zero-order valence-corrected chi connectivity index (χ0v) is 13.3. The Labute approximate surface area is 142 Å². The number of hydrogen-bond acceptors (Lipinski definition) is 4. The Bertz CT molecular complexity index is 951. The van der Waals surface area contributed by atoms with Crippen LogP contribution in [0.15, 0.2) is 48.8 Å². The van der Waals surface area contributed by atoms with Crippen molar-refractivity contribution >= 4 is 11.7 Å². The molecule has 0 saturated carbocycles. The summed E-state index contributed by atoms with van der Waals surface area (Å²) in [7, 11) is 1.77. The van der Waals surface area contributed by atoms with Crippen molar-refractivity contribution in [1.82, 2.24) is 9.55 Å². The zero-order valence-electron chi connectivity index (χ0n) is 13.3. The Morgan fingerprint density at radius 3 is 2.72 bits per heavy atom. The van der Waals surface area contributed by atoms with Crippen LogP contribution in [0.3, 0.4) is 0 Å². The van der Waals surface area contributed by atoms with Crippen molar-refractivity contribution in [3.05, 3.63) is 60.2 Å². The highest BCUT2D eigenvalue weighted by Crippen LogP contribution is 2.33. The van der Waals surface area contributed by atoms with E-state index in [1.165, 1.54) is 12.1 Å². The Hall–Kier alpha value is -3.35. The van der Waals surface area contributed by atoms with Crippen molar-refractivity contribution < 1.29 is 18.7 Å². The molecular weight excluding hydrogens is 325 g/mol. The highest BCUT2D eigenvalue weighted by atomic mass is 19.1. The van der Waals surface area contributed by atoms with Crippen LogP contribution < -0.4 is 14.8 Å². The van der Waals surface area contributed by atoms with E-state index < -0.39 is 0 Å². The van der Waals surface area contributed by atoms with Crippen LogP contribution >= 0.6 is 0 Å². The first-order chi connectivity index (χ1) is 12.1. The number of amides is 1. The number of anilines is 1. The molecule has 0 atom stereocenters. The third-order valence-corrected chi connectivity index (χ3v) is 3.92. The van der Waals surface area contributed by atoms with Crippen molar-refractivity contribution in [1.29, 1.82) is 0 Å². The van der Waals surface area contributed by atoms with Gasteiger partial charge < -0.3 is 19.4 Å². The predicted molar refractivity (Wildman–Crippen MR) is 89.1 cm³/mol. The Morgan fingerprint density at radius 2 is 1.92 bits per heavy atom.